The molecule has 53 heavy (non-hydrogen) atoms. The zero-order chi connectivity index (χ0) is 34.9. The predicted octanol–water partition coefficient (Wildman–Crippen LogP) is 13.1. The molecular formula is C49H29N3O. The van der Waals surface area contributed by atoms with Crippen molar-refractivity contribution in [2.45, 2.75) is 0 Å². The second kappa shape index (κ2) is 11.7. The Morgan fingerprint density at radius 1 is 0.321 bits per heavy atom. The largest absolute Gasteiger partial charge is 0.456 e. The number of nitrogens with zero attached hydrogens (tertiary/aromatic N) is 3. The fraction of sp³-hybridized carbons (Fsp3) is 0. The molecular weight excluding hydrogens is 647 g/mol. The minimum Gasteiger partial charge on any atom is -0.456 e. The highest BCUT2D eigenvalue weighted by molar-refractivity contribution is 6.21. The van der Waals surface area contributed by atoms with Crippen LogP contribution >= 0.6 is 0 Å². The van der Waals surface area contributed by atoms with Gasteiger partial charge in [0.05, 0.1) is 0 Å². The Labute approximate surface area is 304 Å². The van der Waals surface area contributed by atoms with Gasteiger partial charge in [-0.1, -0.05) is 152 Å². The molecule has 2 aromatic heterocycles. The lowest BCUT2D eigenvalue weighted by Gasteiger charge is -2.16. The summed E-state index contributed by atoms with van der Waals surface area (Å²) in [6.07, 6.45) is 0. The van der Waals surface area contributed by atoms with Gasteiger partial charge in [0, 0.05) is 33.0 Å². The fourth-order valence-electron chi connectivity index (χ4n) is 8.05. The molecule has 246 valence electrons. The van der Waals surface area contributed by atoms with Crippen LogP contribution in [0, 0.1) is 0 Å². The van der Waals surface area contributed by atoms with E-state index in [-0.39, 0.29) is 0 Å². The summed E-state index contributed by atoms with van der Waals surface area (Å²) < 4.78 is 6.37. The van der Waals surface area contributed by atoms with Crippen molar-refractivity contribution in [2.24, 2.45) is 0 Å². The highest BCUT2D eigenvalue weighted by Gasteiger charge is 2.21. The number of hydrogen-bond acceptors (Lipinski definition) is 4. The van der Waals surface area contributed by atoms with E-state index in [1.54, 1.807) is 0 Å². The van der Waals surface area contributed by atoms with Crippen molar-refractivity contribution in [1.82, 2.24) is 15.0 Å². The highest BCUT2D eigenvalue weighted by atomic mass is 16.3. The lowest BCUT2D eigenvalue weighted by atomic mass is 9.90. The van der Waals surface area contributed by atoms with E-state index < -0.39 is 0 Å². The van der Waals surface area contributed by atoms with Gasteiger partial charge in [-0.2, -0.15) is 0 Å². The van der Waals surface area contributed by atoms with Crippen LogP contribution < -0.4 is 0 Å². The number of fused-ring (bicyclic) bond motifs is 9. The summed E-state index contributed by atoms with van der Waals surface area (Å²) in [5, 5.41) is 11.7. The molecule has 0 spiro atoms. The van der Waals surface area contributed by atoms with Crippen LogP contribution in [0.1, 0.15) is 0 Å². The average Bonchev–Trinajstić information content (AvgIpc) is 3.62. The van der Waals surface area contributed by atoms with E-state index in [9.17, 15) is 0 Å². The van der Waals surface area contributed by atoms with Gasteiger partial charge in [0.2, 0.25) is 0 Å². The smallest absolute Gasteiger partial charge is 0.164 e. The Morgan fingerprint density at radius 2 is 0.925 bits per heavy atom. The second-order valence-corrected chi connectivity index (χ2v) is 13.5. The van der Waals surface area contributed by atoms with Crippen LogP contribution in [0.3, 0.4) is 0 Å². The Balaban J connectivity index is 1.18. The average molecular weight is 676 g/mol. The first kappa shape index (κ1) is 29.5. The highest BCUT2D eigenvalue weighted by Crippen LogP contribution is 2.44. The maximum absolute atomic E-state index is 6.37. The molecule has 0 aliphatic carbocycles. The summed E-state index contributed by atoms with van der Waals surface area (Å²) in [6.45, 7) is 0. The zero-order valence-electron chi connectivity index (χ0n) is 28.5. The Morgan fingerprint density at radius 3 is 1.77 bits per heavy atom. The maximum Gasteiger partial charge on any atom is 0.164 e. The SMILES string of the molecule is c1ccc(-c2nc(-c3ccc4c(ccc5ccc6ccccc6c54)c3)nc(-c3ccc4ccccc4c3-c3cccc4oc5ccccc5c34)n2)cc1. The molecule has 0 bridgehead atoms. The molecule has 0 N–H and O–H groups in total. The molecule has 11 rings (SSSR count). The predicted molar refractivity (Wildman–Crippen MR) is 219 cm³/mol. The van der Waals surface area contributed by atoms with Crippen molar-refractivity contribution in [2.75, 3.05) is 0 Å². The quantitative estimate of drug-likeness (QED) is 0.174. The van der Waals surface area contributed by atoms with Gasteiger partial charge in [-0.15, -0.1) is 0 Å². The van der Waals surface area contributed by atoms with Gasteiger partial charge in [-0.3, -0.25) is 0 Å². The second-order valence-electron chi connectivity index (χ2n) is 13.5. The van der Waals surface area contributed by atoms with Gasteiger partial charge in [0.1, 0.15) is 11.2 Å². The van der Waals surface area contributed by atoms with Gasteiger partial charge in [-0.05, 0) is 72.9 Å². The van der Waals surface area contributed by atoms with Crippen LogP contribution in [-0.2, 0) is 0 Å². The molecule has 0 aliphatic heterocycles. The van der Waals surface area contributed by atoms with E-state index in [0.29, 0.717) is 17.5 Å². The number of furan rings is 1. The number of benzene rings is 9. The molecule has 4 nitrogen and oxygen atoms in total. The van der Waals surface area contributed by atoms with E-state index in [2.05, 4.69) is 140 Å². The molecule has 0 unspecified atom stereocenters. The number of hydrogen-bond donors (Lipinski definition) is 0. The number of aromatic nitrogens is 3. The van der Waals surface area contributed by atoms with Gasteiger partial charge < -0.3 is 4.42 Å². The lowest BCUT2D eigenvalue weighted by Crippen LogP contribution is -2.01. The lowest BCUT2D eigenvalue weighted by molar-refractivity contribution is 0.669. The Hall–Kier alpha value is -7.17. The third-order valence-electron chi connectivity index (χ3n) is 10.5. The van der Waals surface area contributed by atoms with Crippen molar-refractivity contribution in [3.8, 4) is 45.3 Å². The van der Waals surface area contributed by atoms with E-state index in [1.165, 1.54) is 26.9 Å². The van der Waals surface area contributed by atoms with Crippen LogP contribution in [0.2, 0.25) is 0 Å². The van der Waals surface area contributed by atoms with Crippen LogP contribution in [0.5, 0.6) is 0 Å². The minimum absolute atomic E-state index is 0.615. The summed E-state index contributed by atoms with van der Waals surface area (Å²) in [7, 11) is 0. The van der Waals surface area contributed by atoms with E-state index in [0.717, 1.165) is 65.9 Å². The standard InChI is InChI=1S/C49H29N3O/c1-2-13-33(14-3-1)47-50-48(35-26-27-38-34(29-35)24-23-32-22-21-30-11-4-6-15-36(30)44(32)38)52-49(51-47)41-28-25-31-12-5-7-16-37(31)45(41)40-18-10-20-43-46(40)39-17-8-9-19-42(39)53-43/h1-29H. The Bertz CT molecular complexity index is 3240. The summed E-state index contributed by atoms with van der Waals surface area (Å²) in [5.74, 6) is 1.87. The molecule has 11 aromatic rings. The van der Waals surface area contributed by atoms with Crippen LogP contribution in [0.4, 0.5) is 0 Å². The topological polar surface area (TPSA) is 51.8 Å². The molecule has 9 aromatic carbocycles. The third kappa shape index (κ3) is 4.73. The van der Waals surface area contributed by atoms with Crippen molar-refractivity contribution in [1.29, 1.82) is 0 Å². The van der Waals surface area contributed by atoms with Crippen molar-refractivity contribution >= 4 is 65.0 Å². The van der Waals surface area contributed by atoms with Crippen molar-refractivity contribution in [3.63, 3.8) is 0 Å². The molecule has 4 heteroatoms. The summed E-state index contributed by atoms with van der Waals surface area (Å²) in [6, 6.07) is 61.6. The molecule has 0 radical (unpaired) electrons. The van der Waals surface area contributed by atoms with Crippen LogP contribution in [0.25, 0.3) is 110 Å². The van der Waals surface area contributed by atoms with E-state index >= 15 is 0 Å². The zero-order valence-corrected chi connectivity index (χ0v) is 28.5. The first-order valence-electron chi connectivity index (χ1n) is 17.9. The summed E-state index contributed by atoms with van der Waals surface area (Å²) >= 11 is 0. The molecule has 0 aliphatic rings. The van der Waals surface area contributed by atoms with Gasteiger partial charge in [0.15, 0.2) is 17.5 Å². The molecule has 0 fully saturated rings. The third-order valence-corrected chi connectivity index (χ3v) is 10.5. The van der Waals surface area contributed by atoms with Crippen LogP contribution in [0.15, 0.2) is 180 Å². The number of rotatable bonds is 4. The summed E-state index contributed by atoms with van der Waals surface area (Å²) in [4.78, 5) is 15.6. The Kier molecular flexibility index (Phi) is 6.52. The normalized spacial score (nSPS) is 11.8. The molecule has 0 atom stereocenters. The van der Waals surface area contributed by atoms with Gasteiger partial charge in [-0.25, -0.2) is 15.0 Å². The fourth-order valence-corrected chi connectivity index (χ4v) is 8.05. The van der Waals surface area contributed by atoms with Gasteiger partial charge in [0.25, 0.3) is 0 Å². The van der Waals surface area contributed by atoms with E-state index in [1.807, 2.05) is 36.4 Å². The first-order chi connectivity index (χ1) is 26.3. The minimum atomic E-state index is 0.615. The van der Waals surface area contributed by atoms with Crippen LogP contribution in [-0.4, -0.2) is 15.0 Å². The number of para-hydroxylation sites is 1. The van der Waals surface area contributed by atoms with Crippen molar-refractivity contribution in [3.05, 3.63) is 176 Å². The van der Waals surface area contributed by atoms with Crippen molar-refractivity contribution < 1.29 is 4.42 Å². The molecule has 0 amide bonds. The van der Waals surface area contributed by atoms with Gasteiger partial charge >= 0.3 is 0 Å². The summed E-state index contributed by atoms with van der Waals surface area (Å²) in [5.41, 5.74) is 6.65. The molecule has 2 heterocycles. The van der Waals surface area contributed by atoms with E-state index in [4.69, 9.17) is 19.4 Å². The molecule has 0 saturated carbocycles. The monoisotopic (exact) mass is 675 g/mol. The first-order valence-corrected chi connectivity index (χ1v) is 17.9. The molecule has 0 saturated heterocycles. The maximum atomic E-state index is 6.37.